The van der Waals surface area contributed by atoms with Crippen LogP contribution in [0.3, 0.4) is 0 Å². The zero-order valence-corrected chi connectivity index (χ0v) is 13.8. The van der Waals surface area contributed by atoms with E-state index in [4.69, 9.17) is 11.6 Å². The minimum atomic E-state index is -0.0703. The second-order valence-electron chi connectivity index (χ2n) is 4.29. The largest absolute Gasteiger partial charge is 0.337 e. The van der Waals surface area contributed by atoms with Crippen LogP contribution in [0.25, 0.3) is 0 Å². The number of nitrogens with zero attached hydrogens (tertiary/aromatic N) is 1. The van der Waals surface area contributed by atoms with E-state index in [1.165, 1.54) is 10.4 Å². The van der Waals surface area contributed by atoms with Gasteiger partial charge in [0.1, 0.15) is 0 Å². The SMILES string of the molecule is Cc1ccsc1CN(C)C(=O)c1cccc(Br)c1Cl. The molecule has 1 aromatic carbocycles. The van der Waals surface area contributed by atoms with E-state index < -0.39 is 0 Å². The Labute approximate surface area is 130 Å². The Bertz CT molecular complexity index is 611. The van der Waals surface area contributed by atoms with Crippen LogP contribution < -0.4 is 0 Å². The first-order chi connectivity index (χ1) is 9.00. The first-order valence-corrected chi connectivity index (χ1v) is 7.78. The van der Waals surface area contributed by atoms with Gasteiger partial charge in [0.2, 0.25) is 0 Å². The molecule has 100 valence electrons. The van der Waals surface area contributed by atoms with Gasteiger partial charge in [0.25, 0.3) is 5.91 Å². The van der Waals surface area contributed by atoms with Crippen molar-refractivity contribution in [1.29, 1.82) is 0 Å². The summed E-state index contributed by atoms with van der Waals surface area (Å²) in [6.07, 6.45) is 0. The van der Waals surface area contributed by atoms with E-state index in [9.17, 15) is 4.79 Å². The number of carbonyl (C=O) groups is 1. The summed E-state index contributed by atoms with van der Waals surface area (Å²) >= 11 is 11.2. The predicted molar refractivity (Wildman–Crippen MR) is 84.0 cm³/mol. The Kier molecular flexibility index (Phi) is 4.66. The van der Waals surface area contributed by atoms with Crippen LogP contribution in [-0.2, 0) is 6.54 Å². The summed E-state index contributed by atoms with van der Waals surface area (Å²) in [6.45, 7) is 2.65. The summed E-state index contributed by atoms with van der Waals surface area (Å²) in [5.74, 6) is -0.0703. The first kappa shape index (κ1) is 14.6. The molecule has 0 unspecified atom stereocenters. The van der Waals surface area contributed by atoms with E-state index in [-0.39, 0.29) is 5.91 Å². The third-order valence-electron chi connectivity index (χ3n) is 2.88. The molecule has 1 aromatic heterocycles. The van der Waals surface area contributed by atoms with Gasteiger partial charge in [-0.3, -0.25) is 4.79 Å². The highest BCUT2D eigenvalue weighted by Crippen LogP contribution is 2.27. The van der Waals surface area contributed by atoms with Gasteiger partial charge in [-0.25, -0.2) is 0 Å². The van der Waals surface area contributed by atoms with Crippen molar-refractivity contribution in [3.05, 3.63) is 55.1 Å². The lowest BCUT2D eigenvalue weighted by Crippen LogP contribution is -2.26. The highest BCUT2D eigenvalue weighted by Gasteiger charge is 2.17. The van der Waals surface area contributed by atoms with E-state index in [1.54, 1.807) is 29.4 Å². The molecule has 0 bridgehead atoms. The van der Waals surface area contributed by atoms with Crippen LogP contribution in [0.1, 0.15) is 20.8 Å². The summed E-state index contributed by atoms with van der Waals surface area (Å²) in [6, 6.07) is 7.44. The van der Waals surface area contributed by atoms with Gasteiger partial charge in [-0.1, -0.05) is 17.7 Å². The van der Waals surface area contributed by atoms with Crippen molar-refractivity contribution in [3.63, 3.8) is 0 Å². The van der Waals surface area contributed by atoms with Gasteiger partial charge in [0, 0.05) is 16.4 Å². The number of benzene rings is 1. The minimum Gasteiger partial charge on any atom is -0.337 e. The zero-order chi connectivity index (χ0) is 14.0. The second-order valence-corrected chi connectivity index (χ2v) is 6.52. The molecule has 0 aliphatic carbocycles. The van der Waals surface area contributed by atoms with Crippen LogP contribution >= 0.6 is 38.9 Å². The molecule has 0 radical (unpaired) electrons. The molecular formula is C14H13BrClNOS. The van der Waals surface area contributed by atoms with E-state index in [0.29, 0.717) is 17.1 Å². The Morgan fingerprint density at radius 2 is 2.16 bits per heavy atom. The number of carbonyl (C=O) groups excluding carboxylic acids is 1. The van der Waals surface area contributed by atoms with Crippen molar-refractivity contribution in [2.24, 2.45) is 0 Å². The molecule has 1 heterocycles. The lowest BCUT2D eigenvalue weighted by Gasteiger charge is -2.18. The predicted octanol–water partition coefficient (Wildman–Crippen LogP) is 4.74. The van der Waals surface area contributed by atoms with E-state index in [0.717, 1.165) is 4.47 Å². The van der Waals surface area contributed by atoms with Crippen LogP contribution in [0.4, 0.5) is 0 Å². The monoisotopic (exact) mass is 357 g/mol. The third kappa shape index (κ3) is 3.19. The van der Waals surface area contributed by atoms with Gasteiger partial charge in [-0.2, -0.15) is 0 Å². The molecule has 0 saturated heterocycles. The van der Waals surface area contributed by atoms with Gasteiger partial charge >= 0.3 is 0 Å². The number of rotatable bonds is 3. The summed E-state index contributed by atoms with van der Waals surface area (Å²) in [7, 11) is 1.79. The average molecular weight is 359 g/mol. The summed E-state index contributed by atoms with van der Waals surface area (Å²) in [5.41, 5.74) is 1.73. The lowest BCUT2D eigenvalue weighted by atomic mass is 10.2. The molecule has 2 rings (SSSR count). The van der Waals surface area contributed by atoms with Crippen molar-refractivity contribution in [2.45, 2.75) is 13.5 Å². The number of halogens is 2. The number of aryl methyl sites for hydroxylation is 1. The Morgan fingerprint density at radius 1 is 1.42 bits per heavy atom. The molecule has 0 atom stereocenters. The fourth-order valence-corrected chi connectivity index (χ4v) is 3.26. The van der Waals surface area contributed by atoms with Gasteiger partial charge in [0.05, 0.1) is 17.1 Å². The van der Waals surface area contributed by atoms with Crippen LogP contribution in [0.2, 0.25) is 5.02 Å². The maximum absolute atomic E-state index is 12.4. The molecule has 0 N–H and O–H groups in total. The van der Waals surface area contributed by atoms with Crippen molar-refractivity contribution in [1.82, 2.24) is 4.90 Å². The molecule has 0 aliphatic heterocycles. The fraction of sp³-hybridized carbons (Fsp3) is 0.214. The van der Waals surface area contributed by atoms with Gasteiger partial charge in [-0.05, 0) is 52.0 Å². The van der Waals surface area contributed by atoms with Crippen LogP contribution in [0.15, 0.2) is 34.1 Å². The molecule has 2 aromatic rings. The number of thiophene rings is 1. The topological polar surface area (TPSA) is 20.3 Å². The van der Waals surface area contributed by atoms with Gasteiger partial charge in [0.15, 0.2) is 0 Å². The summed E-state index contributed by atoms with van der Waals surface area (Å²) in [5, 5.41) is 2.50. The van der Waals surface area contributed by atoms with Crippen molar-refractivity contribution in [2.75, 3.05) is 7.05 Å². The lowest BCUT2D eigenvalue weighted by molar-refractivity contribution is 0.0786. The molecule has 0 fully saturated rings. The molecule has 1 amide bonds. The normalized spacial score (nSPS) is 10.5. The summed E-state index contributed by atoms with van der Waals surface area (Å²) < 4.78 is 0.737. The molecule has 0 saturated carbocycles. The molecule has 5 heteroatoms. The maximum atomic E-state index is 12.4. The third-order valence-corrected chi connectivity index (χ3v) is 5.18. The number of hydrogen-bond donors (Lipinski definition) is 0. The maximum Gasteiger partial charge on any atom is 0.255 e. The second kappa shape index (κ2) is 6.07. The molecule has 2 nitrogen and oxygen atoms in total. The van der Waals surface area contributed by atoms with Crippen LogP contribution in [0, 0.1) is 6.92 Å². The number of amides is 1. The Hall–Kier alpha value is -0.840. The van der Waals surface area contributed by atoms with Crippen LogP contribution in [-0.4, -0.2) is 17.9 Å². The molecule has 19 heavy (non-hydrogen) atoms. The Balaban J connectivity index is 2.20. The average Bonchev–Trinajstić information content (AvgIpc) is 2.77. The van der Waals surface area contributed by atoms with Gasteiger partial charge < -0.3 is 4.90 Å². The Morgan fingerprint density at radius 3 is 2.79 bits per heavy atom. The smallest absolute Gasteiger partial charge is 0.255 e. The number of hydrogen-bond acceptors (Lipinski definition) is 2. The quantitative estimate of drug-likeness (QED) is 0.775. The first-order valence-electron chi connectivity index (χ1n) is 5.73. The van der Waals surface area contributed by atoms with Crippen molar-refractivity contribution in [3.8, 4) is 0 Å². The summed E-state index contributed by atoms with van der Waals surface area (Å²) in [4.78, 5) is 15.3. The highest BCUT2D eigenvalue weighted by molar-refractivity contribution is 9.10. The minimum absolute atomic E-state index is 0.0703. The van der Waals surface area contributed by atoms with E-state index >= 15 is 0 Å². The van der Waals surface area contributed by atoms with E-state index in [1.807, 2.05) is 17.5 Å². The molecular weight excluding hydrogens is 346 g/mol. The van der Waals surface area contributed by atoms with E-state index in [2.05, 4.69) is 28.9 Å². The van der Waals surface area contributed by atoms with Crippen LogP contribution in [0.5, 0.6) is 0 Å². The fourth-order valence-electron chi connectivity index (χ4n) is 1.73. The molecule has 0 aliphatic rings. The standard InChI is InChI=1S/C14H13BrClNOS/c1-9-6-7-19-12(9)8-17(2)14(18)10-4-3-5-11(15)13(10)16/h3-7H,8H2,1-2H3. The van der Waals surface area contributed by atoms with Gasteiger partial charge in [-0.15, -0.1) is 11.3 Å². The van der Waals surface area contributed by atoms with Crippen molar-refractivity contribution < 1.29 is 4.79 Å². The molecule has 0 spiro atoms. The van der Waals surface area contributed by atoms with Crippen molar-refractivity contribution >= 4 is 44.8 Å². The highest BCUT2D eigenvalue weighted by atomic mass is 79.9. The zero-order valence-electron chi connectivity index (χ0n) is 10.6.